The first-order valence-electron chi connectivity index (χ1n) is 8.20. The summed E-state index contributed by atoms with van der Waals surface area (Å²) in [5.74, 6) is 0.730. The number of nitrogens with zero attached hydrogens (tertiary/aromatic N) is 2. The number of pyridine rings is 1. The van der Waals surface area contributed by atoms with Gasteiger partial charge in [-0.1, -0.05) is 0 Å². The number of carboxylic acid groups (broad SMARTS) is 1. The van der Waals surface area contributed by atoms with Crippen LogP contribution in [0.4, 0.5) is 5.82 Å². The van der Waals surface area contributed by atoms with E-state index in [2.05, 4.69) is 15.2 Å². The Labute approximate surface area is 135 Å². The highest BCUT2D eigenvalue weighted by molar-refractivity contribution is 5.93. The average Bonchev–Trinajstić information content (AvgIpc) is 3.25. The van der Waals surface area contributed by atoms with E-state index in [1.165, 1.54) is 19.8 Å². The largest absolute Gasteiger partial charge is 0.480 e. The molecule has 6 heteroatoms. The monoisotopic (exact) mass is 317 g/mol. The van der Waals surface area contributed by atoms with Crippen molar-refractivity contribution in [3.63, 3.8) is 0 Å². The lowest BCUT2D eigenvalue weighted by molar-refractivity contribution is -0.139. The maximum atomic E-state index is 11.2. The second-order valence-corrected chi connectivity index (χ2v) is 6.72. The van der Waals surface area contributed by atoms with E-state index in [0.717, 1.165) is 25.2 Å². The number of carbonyl (C=O) groups excluding carboxylic acids is 1. The number of hydrogen-bond acceptors (Lipinski definition) is 5. The minimum Gasteiger partial charge on any atom is -0.480 e. The summed E-state index contributed by atoms with van der Waals surface area (Å²) in [6.07, 6.45) is 5.94. The van der Waals surface area contributed by atoms with Gasteiger partial charge in [0.1, 0.15) is 5.82 Å². The summed E-state index contributed by atoms with van der Waals surface area (Å²) >= 11 is 0. The van der Waals surface area contributed by atoms with E-state index in [0.29, 0.717) is 23.6 Å². The molecule has 0 amide bonds. The second kappa shape index (κ2) is 6.66. The highest BCUT2D eigenvalue weighted by Crippen LogP contribution is 2.34. The van der Waals surface area contributed by atoms with E-state index in [9.17, 15) is 9.59 Å². The SMILES string of the molecule is CC(=O)c1ccc(NC2CC(N(CC(=O)O)CC3CC3)C2)nc1. The molecule has 124 valence electrons. The van der Waals surface area contributed by atoms with E-state index in [1.54, 1.807) is 12.3 Å². The zero-order valence-corrected chi connectivity index (χ0v) is 13.4. The van der Waals surface area contributed by atoms with Crippen LogP contribution in [0.1, 0.15) is 43.0 Å². The molecule has 0 saturated heterocycles. The highest BCUT2D eigenvalue weighted by Gasteiger charge is 2.37. The molecule has 6 nitrogen and oxygen atoms in total. The summed E-state index contributed by atoms with van der Waals surface area (Å²) in [4.78, 5) is 28.6. The Morgan fingerprint density at radius 2 is 2.09 bits per heavy atom. The van der Waals surface area contributed by atoms with Crippen molar-refractivity contribution in [2.45, 2.75) is 44.7 Å². The predicted octanol–water partition coefficient (Wildman–Crippen LogP) is 2.02. The van der Waals surface area contributed by atoms with E-state index >= 15 is 0 Å². The van der Waals surface area contributed by atoms with Crippen LogP contribution >= 0.6 is 0 Å². The van der Waals surface area contributed by atoms with Gasteiger partial charge in [-0.05, 0) is 50.7 Å². The first kappa shape index (κ1) is 15.9. The van der Waals surface area contributed by atoms with Crippen molar-refractivity contribution in [1.82, 2.24) is 9.88 Å². The Balaban J connectivity index is 1.49. The van der Waals surface area contributed by atoms with E-state index in [-0.39, 0.29) is 12.3 Å². The molecule has 2 saturated carbocycles. The number of aromatic nitrogens is 1. The normalized spacial score (nSPS) is 23.4. The molecular formula is C17H23N3O3. The van der Waals surface area contributed by atoms with E-state index < -0.39 is 5.97 Å². The standard InChI is InChI=1S/C17H23N3O3/c1-11(21)13-4-5-16(18-8-13)19-14-6-15(7-14)20(10-17(22)23)9-12-2-3-12/h4-5,8,12,14-15H,2-3,6-7,9-10H2,1H3,(H,18,19)(H,22,23). The summed E-state index contributed by atoms with van der Waals surface area (Å²) < 4.78 is 0. The minimum atomic E-state index is -0.747. The fourth-order valence-electron chi connectivity index (χ4n) is 3.05. The number of rotatable bonds is 8. The topological polar surface area (TPSA) is 82.5 Å². The number of carboxylic acids is 1. The molecule has 0 aliphatic heterocycles. The summed E-state index contributed by atoms with van der Waals surface area (Å²) in [5.41, 5.74) is 0.610. The molecule has 0 radical (unpaired) electrons. The zero-order valence-electron chi connectivity index (χ0n) is 13.4. The van der Waals surface area contributed by atoms with Crippen LogP contribution in [0.5, 0.6) is 0 Å². The molecular weight excluding hydrogens is 294 g/mol. The van der Waals surface area contributed by atoms with Gasteiger partial charge >= 0.3 is 5.97 Å². The van der Waals surface area contributed by atoms with Crippen molar-refractivity contribution in [1.29, 1.82) is 0 Å². The molecule has 0 unspecified atom stereocenters. The van der Waals surface area contributed by atoms with Crippen molar-refractivity contribution < 1.29 is 14.7 Å². The van der Waals surface area contributed by atoms with Gasteiger partial charge in [-0.3, -0.25) is 14.5 Å². The number of aliphatic carboxylic acids is 1. The maximum Gasteiger partial charge on any atom is 0.317 e. The number of nitrogens with one attached hydrogen (secondary N) is 1. The number of ketones is 1. The van der Waals surface area contributed by atoms with Gasteiger partial charge in [-0.25, -0.2) is 4.98 Å². The number of carbonyl (C=O) groups is 2. The van der Waals surface area contributed by atoms with Crippen LogP contribution in [-0.2, 0) is 4.79 Å². The van der Waals surface area contributed by atoms with Crippen molar-refractivity contribution in [3.8, 4) is 0 Å². The van der Waals surface area contributed by atoms with Gasteiger partial charge in [0.2, 0.25) is 0 Å². The van der Waals surface area contributed by atoms with Crippen molar-refractivity contribution in [2.24, 2.45) is 5.92 Å². The minimum absolute atomic E-state index is 0.0112. The number of anilines is 1. The average molecular weight is 317 g/mol. The maximum absolute atomic E-state index is 11.2. The fraction of sp³-hybridized carbons (Fsp3) is 0.588. The first-order valence-corrected chi connectivity index (χ1v) is 8.20. The molecule has 2 aliphatic rings. The van der Waals surface area contributed by atoms with Crippen LogP contribution < -0.4 is 5.32 Å². The van der Waals surface area contributed by atoms with E-state index in [4.69, 9.17) is 5.11 Å². The Morgan fingerprint density at radius 3 is 2.61 bits per heavy atom. The van der Waals surface area contributed by atoms with Crippen molar-refractivity contribution in [2.75, 3.05) is 18.4 Å². The third kappa shape index (κ3) is 4.28. The lowest BCUT2D eigenvalue weighted by atomic mass is 9.85. The van der Waals surface area contributed by atoms with E-state index in [1.807, 2.05) is 6.07 Å². The quantitative estimate of drug-likeness (QED) is 0.714. The second-order valence-electron chi connectivity index (χ2n) is 6.72. The highest BCUT2D eigenvalue weighted by atomic mass is 16.4. The van der Waals surface area contributed by atoms with Gasteiger partial charge in [0.05, 0.1) is 6.54 Å². The van der Waals surface area contributed by atoms with Crippen molar-refractivity contribution in [3.05, 3.63) is 23.9 Å². The molecule has 1 aromatic heterocycles. The van der Waals surface area contributed by atoms with Gasteiger partial charge < -0.3 is 10.4 Å². The molecule has 3 rings (SSSR count). The summed E-state index contributed by atoms with van der Waals surface area (Å²) in [7, 11) is 0. The van der Waals surface area contributed by atoms with Gasteiger partial charge in [-0.15, -0.1) is 0 Å². The molecule has 2 N–H and O–H groups in total. The zero-order chi connectivity index (χ0) is 16.4. The van der Waals surface area contributed by atoms with Crippen LogP contribution in [0.15, 0.2) is 18.3 Å². The molecule has 0 spiro atoms. The molecule has 0 atom stereocenters. The van der Waals surface area contributed by atoms with Crippen LogP contribution in [0.2, 0.25) is 0 Å². The Kier molecular flexibility index (Phi) is 4.61. The third-order valence-corrected chi connectivity index (χ3v) is 4.68. The fourth-order valence-corrected chi connectivity index (χ4v) is 3.05. The van der Waals surface area contributed by atoms with Crippen LogP contribution in [0.25, 0.3) is 0 Å². The summed E-state index contributed by atoms with van der Waals surface area (Å²) in [6.45, 7) is 2.58. The lowest BCUT2D eigenvalue weighted by Crippen LogP contribution is -2.52. The molecule has 1 aromatic rings. The van der Waals surface area contributed by atoms with Crippen molar-refractivity contribution >= 4 is 17.6 Å². The molecule has 2 aliphatic carbocycles. The van der Waals surface area contributed by atoms with Crippen LogP contribution in [0, 0.1) is 5.92 Å². The van der Waals surface area contributed by atoms with Gasteiger partial charge in [-0.2, -0.15) is 0 Å². The Bertz CT molecular complexity index is 577. The van der Waals surface area contributed by atoms with Crippen LogP contribution in [0.3, 0.4) is 0 Å². The molecule has 0 aromatic carbocycles. The number of hydrogen-bond donors (Lipinski definition) is 2. The predicted molar refractivity (Wildman–Crippen MR) is 86.6 cm³/mol. The molecule has 1 heterocycles. The Hall–Kier alpha value is -1.95. The molecule has 2 fully saturated rings. The van der Waals surface area contributed by atoms with Gasteiger partial charge in [0.25, 0.3) is 0 Å². The smallest absolute Gasteiger partial charge is 0.317 e. The van der Waals surface area contributed by atoms with Gasteiger partial charge in [0, 0.05) is 30.4 Å². The first-order chi connectivity index (χ1) is 11.0. The summed E-state index contributed by atoms with van der Waals surface area (Å²) in [5, 5.41) is 12.4. The lowest BCUT2D eigenvalue weighted by Gasteiger charge is -2.43. The summed E-state index contributed by atoms with van der Waals surface area (Å²) in [6, 6.07) is 4.27. The molecule has 0 bridgehead atoms. The molecule has 23 heavy (non-hydrogen) atoms. The van der Waals surface area contributed by atoms with Gasteiger partial charge in [0.15, 0.2) is 5.78 Å². The number of Topliss-reactive ketones (excluding diaryl/α,β-unsaturated/α-hetero) is 1. The van der Waals surface area contributed by atoms with Crippen LogP contribution in [-0.4, -0.2) is 51.9 Å². The third-order valence-electron chi connectivity index (χ3n) is 4.68. The Morgan fingerprint density at radius 1 is 1.35 bits per heavy atom.